The summed E-state index contributed by atoms with van der Waals surface area (Å²) >= 11 is 1.70. The van der Waals surface area contributed by atoms with E-state index in [9.17, 15) is 4.79 Å². The highest BCUT2D eigenvalue weighted by Gasteiger charge is 2.34. The van der Waals surface area contributed by atoms with Crippen molar-refractivity contribution in [2.24, 2.45) is 5.92 Å². The molecule has 1 N–H and O–H groups in total. The maximum absolute atomic E-state index is 12.4. The summed E-state index contributed by atoms with van der Waals surface area (Å²) in [6, 6.07) is 14.2. The average Bonchev–Trinajstić information content (AvgIpc) is 3.03. The zero-order valence-electron chi connectivity index (χ0n) is 15.6. The maximum Gasteiger partial charge on any atom is 0.226 e. The van der Waals surface area contributed by atoms with E-state index in [0.717, 1.165) is 41.5 Å². The minimum Gasteiger partial charge on any atom is -0.496 e. The fraction of sp³-hybridized carbons (Fsp3) is 0.333. The number of anilines is 1. The molecular weight excluding hydrogens is 358 g/mol. The van der Waals surface area contributed by atoms with Crippen LogP contribution in [0.5, 0.6) is 5.75 Å². The summed E-state index contributed by atoms with van der Waals surface area (Å²) in [5, 5.41) is 4.06. The van der Waals surface area contributed by atoms with Crippen molar-refractivity contribution in [2.45, 2.75) is 13.3 Å². The van der Waals surface area contributed by atoms with Gasteiger partial charge < -0.3 is 15.0 Å². The molecule has 6 heteroatoms. The number of nitrogens with zero attached hydrogens (tertiary/aromatic N) is 2. The molecule has 0 radical (unpaired) electrons. The van der Waals surface area contributed by atoms with E-state index in [-0.39, 0.29) is 11.8 Å². The standard InChI is InChI=1S/C21H23N3O2S/c1-14-7-8-17-19(11-14)27-21(23-17)24-12-16(13-24)20(25)22-10-9-15-5-3-4-6-18(15)26-2/h3-8,11,16H,9-10,12-13H2,1-2H3,(H,22,25). The Hall–Kier alpha value is -2.60. The number of carbonyl (C=O) groups is 1. The summed E-state index contributed by atoms with van der Waals surface area (Å²) in [6.45, 7) is 4.18. The summed E-state index contributed by atoms with van der Waals surface area (Å²) in [7, 11) is 1.67. The highest BCUT2D eigenvalue weighted by Crippen LogP contribution is 2.33. The molecule has 1 saturated heterocycles. The number of thiazole rings is 1. The van der Waals surface area contributed by atoms with Crippen molar-refractivity contribution in [3.8, 4) is 5.75 Å². The number of carbonyl (C=O) groups excluding carboxylic acids is 1. The van der Waals surface area contributed by atoms with Crippen LogP contribution < -0.4 is 15.0 Å². The zero-order valence-corrected chi connectivity index (χ0v) is 16.4. The van der Waals surface area contributed by atoms with E-state index < -0.39 is 0 Å². The Kier molecular flexibility index (Phi) is 4.99. The third kappa shape index (κ3) is 3.76. The van der Waals surface area contributed by atoms with Gasteiger partial charge in [0.2, 0.25) is 5.91 Å². The van der Waals surface area contributed by atoms with Gasteiger partial charge in [-0.05, 0) is 42.7 Å². The highest BCUT2D eigenvalue weighted by molar-refractivity contribution is 7.22. The summed E-state index contributed by atoms with van der Waals surface area (Å²) in [4.78, 5) is 19.3. The summed E-state index contributed by atoms with van der Waals surface area (Å²) in [5.74, 6) is 1.03. The third-order valence-electron chi connectivity index (χ3n) is 4.94. The van der Waals surface area contributed by atoms with Gasteiger partial charge in [0.25, 0.3) is 0 Å². The van der Waals surface area contributed by atoms with Crippen LogP contribution in [0.1, 0.15) is 11.1 Å². The van der Waals surface area contributed by atoms with Crippen LogP contribution in [0, 0.1) is 12.8 Å². The molecule has 140 valence electrons. The van der Waals surface area contributed by atoms with Gasteiger partial charge in [-0.25, -0.2) is 4.98 Å². The first-order valence-electron chi connectivity index (χ1n) is 9.16. The van der Waals surface area contributed by atoms with E-state index in [4.69, 9.17) is 4.74 Å². The molecule has 0 aliphatic carbocycles. The summed E-state index contributed by atoms with van der Waals surface area (Å²) in [6.07, 6.45) is 0.767. The van der Waals surface area contributed by atoms with Crippen molar-refractivity contribution in [2.75, 3.05) is 31.6 Å². The molecule has 5 nitrogen and oxygen atoms in total. The predicted molar refractivity (Wildman–Crippen MR) is 110 cm³/mol. The van der Waals surface area contributed by atoms with Gasteiger partial charge in [-0.3, -0.25) is 4.79 Å². The predicted octanol–water partition coefficient (Wildman–Crippen LogP) is 3.41. The first kappa shape index (κ1) is 17.8. The van der Waals surface area contributed by atoms with E-state index in [1.807, 2.05) is 24.3 Å². The van der Waals surface area contributed by atoms with Crippen molar-refractivity contribution in [3.63, 3.8) is 0 Å². The second kappa shape index (κ2) is 7.56. The number of ether oxygens (including phenoxy) is 1. The number of nitrogens with one attached hydrogen (secondary N) is 1. The largest absolute Gasteiger partial charge is 0.496 e. The molecule has 1 fully saturated rings. The Labute approximate surface area is 163 Å². The van der Waals surface area contributed by atoms with Crippen LogP contribution >= 0.6 is 11.3 Å². The molecule has 1 aliphatic heterocycles. The number of methoxy groups -OCH3 is 1. The van der Waals surface area contributed by atoms with Gasteiger partial charge in [0.15, 0.2) is 5.13 Å². The molecule has 0 bridgehead atoms. The van der Waals surface area contributed by atoms with Gasteiger partial charge >= 0.3 is 0 Å². The first-order valence-corrected chi connectivity index (χ1v) is 9.97. The number of hydrogen-bond acceptors (Lipinski definition) is 5. The van der Waals surface area contributed by atoms with Crippen LogP contribution in [0.4, 0.5) is 5.13 Å². The van der Waals surface area contributed by atoms with Crippen molar-refractivity contribution < 1.29 is 9.53 Å². The number of amides is 1. The van der Waals surface area contributed by atoms with Gasteiger partial charge in [-0.15, -0.1) is 0 Å². The lowest BCUT2D eigenvalue weighted by atomic mass is 10.00. The molecule has 1 aliphatic rings. The molecule has 0 atom stereocenters. The second-order valence-corrected chi connectivity index (χ2v) is 7.93. The molecule has 1 amide bonds. The Balaban J connectivity index is 1.28. The van der Waals surface area contributed by atoms with E-state index in [1.165, 1.54) is 10.3 Å². The van der Waals surface area contributed by atoms with Crippen molar-refractivity contribution >= 4 is 32.6 Å². The fourth-order valence-electron chi connectivity index (χ4n) is 3.33. The molecule has 0 unspecified atom stereocenters. The highest BCUT2D eigenvalue weighted by atomic mass is 32.1. The number of aryl methyl sites for hydroxylation is 1. The molecule has 3 aromatic rings. The number of fused-ring (bicyclic) bond motifs is 1. The first-order chi connectivity index (χ1) is 13.1. The Bertz CT molecular complexity index is 963. The van der Waals surface area contributed by atoms with Gasteiger partial charge in [-0.2, -0.15) is 0 Å². The van der Waals surface area contributed by atoms with Gasteiger partial charge in [0.05, 0.1) is 23.2 Å². The number of hydrogen-bond donors (Lipinski definition) is 1. The fourth-order valence-corrected chi connectivity index (χ4v) is 4.41. The van der Waals surface area contributed by atoms with E-state index >= 15 is 0 Å². The second-order valence-electron chi connectivity index (χ2n) is 6.92. The topological polar surface area (TPSA) is 54.5 Å². The summed E-state index contributed by atoms with van der Waals surface area (Å²) in [5.41, 5.74) is 3.39. The lowest BCUT2D eigenvalue weighted by Crippen LogP contribution is -2.54. The average molecular weight is 382 g/mol. The lowest BCUT2D eigenvalue weighted by molar-refractivity contribution is -0.125. The quantitative estimate of drug-likeness (QED) is 0.711. The smallest absolute Gasteiger partial charge is 0.226 e. The Morgan fingerprint density at radius 2 is 2.11 bits per heavy atom. The van der Waals surface area contributed by atoms with Crippen LogP contribution in [0.2, 0.25) is 0 Å². The number of aromatic nitrogens is 1. The van der Waals surface area contributed by atoms with Crippen LogP contribution in [0.25, 0.3) is 10.2 Å². The number of para-hydroxylation sites is 1. The zero-order chi connectivity index (χ0) is 18.8. The van der Waals surface area contributed by atoms with Gasteiger partial charge in [-0.1, -0.05) is 35.6 Å². The monoisotopic (exact) mass is 381 g/mol. The Morgan fingerprint density at radius 3 is 2.93 bits per heavy atom. The van der Waals surface area contributed by atoms with E-state index in [0.29, 0.717) is 6.54 Å². The third-order valence-corrected chi connectivity index (χ3v) is 6.02. The van der Waals surface area contributed by atoms with E-state index in [1.54, 1.807) is 18.4 Å². The van der Waals surface area contributed by atoms with E-state index in [2.05, 4.69) is 40.3 Å². The number of benzene rings is 2. The molecule has 4 rings (SSSR count). The van der Waals surface area contributed by atoms with Crippen LogP contribution in [0.15, 0.2) is 42.5 Å². The molecule has 0 spiro atoms. The van der Waals surface area contributed by atoms with Crippen LogP contribution in [-0.4, -0.2) is 37.6 Å². The molecule has 2 aromatic carbocycles. The van der Waals surface area contributed by atoms with Crippen molar-refractivity contribution in [1.29, 1.82) is 0 Å². The minimum atomic E-state index is 0.0383. The molecule has 27 heavy (non-hydrogen) atoms. The molecule has 1 aromatic heterocycles. The van der Waals surface area contributed by atoms with Gasteiger partial charge in [0.1, 0.15) is 5.75 Å². The normalized spacial score (nSPS) is 14.2. The SMILES string of the molecule is COc1ccccc1CCNC(=O)C1CN(c2nc3ccc(C)cc3s2)C1. The molecular formula is C21H23N3O2S. The minimum absolute atomic E-state index is 0.0383. The van der Waals surface area contributed by atoms with Crippen molar-refractivity contribution in [1.82, 2.24) is 10.3 Å². The molecule has 0 saturated carbocycles. The summed E-state index contributed by atoms with van der Waals surface area (Å²) < 4.78 is 6.56. The lowest BCUT2D eigenvalue weighted by Gasteiger charge is -2.37. The van der Waals surface area contributed by atoms with Crippen LogP contribution in [-0.2, 0) is 11.2 Å². The number of rotatable bonds is 6. The molecule has 2 heterocycles. The van der Waals surface area contributed by atoms with Crippen molar-refractivity contribution in [3.05, 3.63) is 53.6 Å². The van der Waals surface area contributed by atoms with Crippen LogP contribution in [0.3, 0.4) is 0 Å². The Morgan fingerprint density at radius 1 is 1.30 bits per heavy atom. The maximum atomic E-state index is 12.4. The van der Waals surface area contributed by atoms with Gasteiger partial charge in [0, 0.05) is 19.6 Å².